The minimum Gasteiger partial charge on any atom is -0.454 e. The molecule has 7 heteroatoms. The third-order valence-electron chi connectivity index (χ3n) is 5.38. The Balaban J connectivity index is 1.88. The van der Waals surface area contributed by atoms with Crippen LogP contribution in [0.5, 0.6) is 0 Å². The molecular formula is C25H23ClFN3O2. The van der Waals surface area contributed by atoms with Crippen molar-refractivity contribution < 1.29 is 8.81 Å². The second kappa shape index (κ2) is 8.71. The first-order valence-electron chi connectivity index (χ1n) is 10.3. The molecule has 4 aromatic rings. The van der Waals surface area contributed by atoms with Crippen LogP contribution in [0.4, 0.5) is 10.1 Å². The van der Waals surface area contributed by atoms with E-state index >= 15 is 0 Å². The highest BCUT2D eigenvalue weighted by Gasteiger charge is 2.20. The summed E-state index contributed by atoms with van der Waals surface area (Å²) in [6.45, 7) is 7.05. The van der Waals surface area contributed by atoms with E-state index in [0.717, 1.165) is 16.8 Å². The Bertz CT molecular complexity index is 1350. The van der Waals surface area contributed by atoms with E-state index in [1.54, 1.807) is 37.4 Å². The number of rotatable bonds is 5. The average Bonchev–Trinajstić information content (AvgIpc) is 2.77. The van der Waals surface area contributed by atoms with Crippen LogP contribution >= 0.6 is 11.6 Å². The first-order chi connectivity index (χ1) is 15.2. The quantitative estimate of drug-likeness (QED) is 0.341. The van der Waals surface area contributed by atoms with Gasteiger partial charge in [-0.2, -0.15) is 0 Å². The molecule has 32 heavy (non-hydrogen) atoms. The number of alkyl halides is 1. The van der Waals surface area contributed by atoms with E-state index in [2.05, 4.69) is 15.3 Å². The van der Waals surface area contributed by atoms with Gasteiger partial charge >= 0.3 is 0 Å². The fraction of sp³-hybridized carbons (Fsp3) is 0.240. The fourth-order valence-corrected chi connectivity index (χ4v) is 3.83. The normalized spacial score (nSPS) is 13.2. The molecule has 4 rings (SSSR count). The van der Waals surface area contributed by atoms with Gasteiger partial charge in [-0.15, -0.1) is 0 Å². The van der Waals surface area contributed by atoms with Gasteiger partial charge in [-0.05, 0) is 63.6 Å². The van der Waals surface area contributed by atoms with Crippen LogP contribution in [0.25, 0.3) is 22.4 Å². The lowest BCUT2D eigenvalue weighted by Gasteiger charge is -2.18. The lowest BCUT2D eigenvalue weighted by Crippen LogP contribution is -2.13. The zero-order valence-corrected chi connectivity index (χ0v) is 19.0. The molecule has 0 saturated heterocycles. The molecule has 0 aliphatic heterocycles. The standard InChI is InChI=1S/C25H23ClFN3O2/c1-13-10-18(16(4)29-17-8-9-22(26)28-12-17)25-19(11-13)23(31)14(2)24(32-25)21-7-5-6-20(30-21)15(3)27/h5-12,15-16,29H,1-4H3. The molecule has 0 aliphatic carbocycles. The Morgan fingerprint density at radius 2 is 1.91 bits per heavy atom. The van der Waals surface area contributed by atoms with Crippen LogP contribution < -0.4 is 10.7 Å². The van der Waals surface area contributed by atoms with Crippen molar-refractivity contribution in [2.24, 2.45) is 0 Å². The highest BCUT2D eigenvalue weighted by atomic mass is 35.5. The van der Waals surface area contributed by atoms with Crippen LogP contribution in [0, 0.1) is 13.8 Å². The Labute approximate surface area is 190 Å². The smallest absolute Gasteiger partial charge is 0.196 e. The fourth-order valence-electron chi connectivity index (χ4n) is 3.72. The molecule has 0 spiro atoms. The van der Waals surface area contributed by atoms with Crippen molar-refractivity contribution in [2.45, 2.75) is 39.9 Å². The number of nitrogens with zero attached hydrogens (tertiary/aromatic N) is 2. The topological polar surface area (TPSA) is 68.0 Å². The van der Waals surface area contributed by atoms with Crippen LogP contribution in [0.2, 0.25) is 5.15 Å². The molecule has 3 heterocycles. The second-order valence-electron chi connectivity index (χ2n) is 7.92. The molecule has 2 unspecified atom stereocenters. The summed E-state index contributed by atoms with van der Waals surface area (Å²) in [5, 5.41) is 4.28. The monoisotopic (exact) mass is 451 g/mol. The van der Waals surface area contributed by atoms with E-state index in [1.807, 2.05) is 32.0 Å². The molecule has 0 amide bonds. The SMILES string of the molecule is Cc1cc(C(C)Nc2ccc(Cl)nc2)c2oc(-c3cccc(C(C)F)n3)c(C)c(=O)c2c1. The van der Waals surface area contributed by atoms with Crippen molar-refractivity contribution in [2.75, 3.05) is 5.32 Å². The van der Waals surface area contributed by atoms with Gasteiger partial charge < -0.3 is 9.73 Å². The molecule has 164 valence electrons. The minimum atomic E-state index is -1.22. The largest absolute Gasteiger partial charge is 0.454 e. The number of hydrogen-bond acceptors (Lipinski definition) is 5. The van der Waals surface area contributed by atoms with Crippen LogP contribution in [0.1, 0.15) is 48.4 Å². The van der Waals surface area contributed by atoms with Gasteiger partial charge in [0.25, 0.3) is 0 Å². The lowest BCUT2D eigenvalue weighted by atomic mass is 9.99. The van der Waals surface area contributed by atoms with Crippen LogP contribution in [-0.2, 0) is 0 Å². The zero-order valence-electron chi connectivity index (χ0n) is 18.2. The number of benzene rings is 1. The molecule has 0 radical (unpaired) electrons. The van der Waals surface area contributed by atoms with E-state index in [0.29, 0.717) is 38.8 Å². The predicted octanol–water partition coefficient (Wildman–Crippen LogP) is 6.72. The highest BCUT2D eigenvalue weighted by Crippen LogP contribution is 2.32. The number of nitrogens with one attached hydrogen (secondary N) is 1. The van der Waals surface area contributed by atoms with E-state index in [9.17, 15) is 9.18 Å². The Morgan fingerprint density at radius 1 is 1.12 bits per heavy atom. The zero-order chi connectivity index (χ0) is 23.0. The molecule has 2 atom stereocenters. The summed E-state index contributed by atoms with van der Waals surface area (Å²) in [4.78, 5) is 21.7. The van der Waals surface area contributed by atoms with Gasteiger partial charge in [0, 0.05) is 11.1 Å². The van der Waals surface area contributed by atoms with E-state index < -0.39 is 6.17 Å². The molecule has 0 aliphatic rings. The Morgan fingerprint density at radius 3 is 2.59 bits per heavy atom. The Hall–Kier alpha value is -3.25. The van der Waals surface area contributed by atoms with Gasteiger partial charge in [0.2, 0.25) is 0 Å². The summed E-state index contributed by atoms with van der Waals surface area (Å²) in [7, 11) is 0. The van der Waals surface area contributed by atoms with Crippen LogP contribution in [-0.4, -0.2) is 9.97 Å². The molecule has 0 fully saturated rings. The summed E-state index contributed by atoms with van der Waals surface area (Å²) in [5.41, 5.74) is 4.06. The predicted molar refractivity (Wildman–Crippen MR) is 126 cm³/mol. The third-order valence-corrected chi connectivity index (χ3v) is 5.60. The van der Waals surface area contributed by atoms with Crippen molar-refractivity contribution in [3.63, 3.8) is 0 Å². The number of pyridine rings is 2. The molecule has 3 aromatic heterocycles. The maximum atomic E-state index is 13.8. The molecule has 1 N–H and O–H groups in total. The molecular weight excluding hydrogens is 429 g/mol. The first kappa shape index (κ1) is 22.0. The lowest BCUT2D eigenvalue weighted by molar-refractivity contribution is 0.366. The number of halogens is 2. The van der Waals surface area contributed by atoms with Crippen LogP contribution in [0.3, 0.4) is 0 Å². The number of hydrogen-bond donors (Lipinski definition) is 1. The third kappa shape index (κ3) is 4.23. The van der Waals surface area contributed by atoms with Crippen molar-refractivity contribution >= 4 is 28.3 Å². The van der Waals surface area contributed by atoms with Crippen molar-refractivity contribution in [1.29, 1.82) is 0 Å². The number of anilines is 1. The van der Waals surface area contributed by atoms with E-state index in [1.165, 1.54) is 6.92 Å². The maximum absolute atomic E-state index is 13.8. The van der Waals surface area contributed by atoms with Gasteiger partial charge in [-0.3, -0.25) is 4.79 Å². The summed E-state index contributed by atoms with van der Waals surface area (Å²) < 4.78 is 20.1. The molecule has 1 aromatic carbocycles. The average molecular weight is 452 g/mol. The van der Waals surface area contributed by atoms with Crippen molar-refractivity contribution in [1.82, 2.24) is 9.97 Å². The summed E-state index contributed by atoms with van der Waals surface area (Å²) in [6.07, 6.45) is 0.425. The van der Waals surface area contributed by atoms with Gasteiger partial charge in [0.1, 0.15) is 22.6 Å². The van der Waals surface area contributed by atoms with Gasteiger partial charge in [-0.25, -0.2) is 14.4 Å². The highest BCUT2D eigenvalue weighted by molar-refractivity contribution is 6.29. The number of aromatic nitrogens is 2. The molecule has 5 nitrogen and oxygen atoms in total. The van der Waals surface area contributed by atoms with Gasteiger partial charge in [0.15, 0.2) is 11.2 Å². The summed E-state index contributed by atoms with van der Waals surface area (Å²) in [6, 6.07) is 12.2. The maximum Gasteiger partial charge on any atom is 0.196 e. The Kier molecular flexibility index (Phi) is 5.98. The van der Waals surface area contributed by atoms with E-state index in [-0.39, 0.29) is 11.5 Å². The van der Waals surface area contributed by atoms with Crippen molar-refractivity contribution in [3.05, 3.63) is 86.4 Å². The number of fused-ring (bicyclic) bond motifs is 1. The molecule has 0 saturated carbocycles. The van der Waals surface area contributed by atoms with Crippen LogP contribution in [0.15, 0.2) is 57.9 Å². The molecule has 0 bridgehead atoms. The number of aryl methyl sites for hydroxylation is 1. The van der Waals surface area contributed by atoms with Crippen molar-refractivity contribution in [3.8, 4) is 11.5 Å². The van der Waals surface area contributed by atoms with Gasteiger partial charge in [-0.1, -0.05) is 23.7 Å². The minimum absolute atomic E-state index is 0.132. The van der Waals surface area contributed by atoms with Gasteiger partial charge in [0.05, 0.1) is 29.0 Å². The summed E-state index contributed by atoms with van der Waals surface area (Å²) in [5.74, 6) is 0.343. The summed E-state index contributed by atoms with van der Waals surface area (Å²) >= 11 is 5.88. The second-order valence-corrected chi connectivity index (χ2v) is 8.30. The van der Waals surface area contributed by atoms with E-state index in [4.69, 9.17) is 16.0 Å². The first-order valence-corrected chi connectivity index (χ1v) is 10.7.